The predicted molar refractivity (Wildman–Crippen MR) is 64.0 cm³/mol. The highest BCUT2D eigenvalue weighted by Crippen LogP contribution is 2.08. The lowest BCUT2D eigenvalue weighted by atomic mass is 10.1. The van der Waals surface area contributed by atoms with Crippen molar-refractivity contribution >= 4 is 12.6 Å². The molecule has 5 nitrogen and oxygen atoms in total. The molecule has 1 rings (SSSR count). The Labute approximate surface area is 105 Å². The summed E-state index contributed by atoms with van der Waals surface area (Å²) < 4.78 is 10.0. The molecular formula is C13H16O5. The second kappa shape index (κ2) is 7.71. The first-order chi connectivity index (χ1) is 8.72. The van der Waals surface area contributed by atoms with E-state index in [-0.39, 0.29) is 6.61 Å². The minimum absolute atomic E-state index is 0.177. The maximum Gasteiger partial charge on any atom is 0.151 e. The van der Waals surface area contributed by atoms with Gasteiger partial charge in [-0.1, -0.05) is 30.3 Å². The van der Waals surface area contributed by atoms with Crippen molar-refractivity contribution < 1.29 is 24.2 Å². The van der Waals surface area contributed by atoms with Gasteiger partial charge in [0.05, 0.1) is 6.61 Å². The van der Waals surface area contributed by atoms with Crippen LogP contribution >= 0.6 is 0 Å². The summed E-state index contributed by atoms with van der Waals surface area (Å²) in [4.78, 5) is 21.5. The van der Waals surface area contributed by atoms with E-state index in [1.807, 2.05) is 30.3 Å². The van der Waals surface area contributed by atoms with Gasteiger partial charge in [-0.3, -0.25) is 0 Å². The lowest BCUT2D eigenvalue weighted by Crippen LogP contribution is -2.41. The number of hydrogen-bond acceptors (Lipinski definition) is 5. The van der Waals surface area contributed by atoms with Crippen LogP contribution in [0.5, 0.6) is 0 Å². The zero-order chi connectivity index (χ0) is 13.4. The average Bonchev–Trinajstić information content (AvgIpc) is 2.42. The van der Waals surface area contributed by atoms with Crippen LogP contribution in [0.4, 0.5) is 0 Å². The first kappa shape index (κ1) is 14.5. The van der Waals surface area contributed by atoms with Gasteiger partial charge >= 0.3 is 0 Å². The van der Waals surface area contributed by atoms with Gasteiger partial charge < -0.3 is 24.2 Å². The van der Waals surface area contributed by atoms with Crippen LogP contribution in [-0.2, 0) is 25.7 Å². The number of carbonyl (C=O) groups is 2. The Kier molecular flexibility index (Phi) is 6.21. The van der Waals surface area contributed by atoms with Crippen LogP contribution < -0.4 is 0 Å². The van der Waals surface area contributed by atoms with Crippen molar-refractivity contribution in [3.05, 3.63) is 35.9 Å². The van der Waals surface area contributed by atoms with Crippen molar-refractivity contribution in [1.29, 1.82) is 0 Å². The first-order valence-electron chi connectivity index (χ1n) is 5.50. The summed E-state index contributed by atoms with van der Waals surface area (Å²) in [6.07, 6.45) is -2.58. The third-order valence-electron chi connectivity index (χ3n) is 2.50. The molecule has 0 unspecified atom stereocenters. The SMILES string of the molecule is CO[C@@H](C=O)[C@@H](O)[C@@H](C=O)OCc1ccccc1. The van der Waals surface area contributed by atoms with Crippen LogP contribution in [0.1, 0.15) is 5.56 Å². The summed E-state index contributed by atoms with van der Waals surface area (Å²) in [5.74, 6) is 0. The van der Waals surface area contributed by atoms with Crippen molar-refractivity contribution in [2.24, 2.45) is 0 Å². The van der Waals surface area contributed by atoms with Gasteiger partial charge in [-0.2, -0.15) is 0 Å². The molecule has 0 aliphatic heterocycles. The number of rotatable bonds is 8. The van der Waals surface area contributed by atoms with Crippen LogP contribution in [0.3, 0.4) is 0 Å². The molecule has 1 aromatic rings. The number of aliphatic hydroxyl groups is 1. The Morgan fingerprint density at radius 2 is 1.78 bits per heavy atom. The molecule has 18 heavy (non-hydrogen) atoms. The highest BCUT2D eigenvalue weighted by molar-refractivity contribution is 5.63. The number of carbonyl (C=O) groups excluding carboxylic acids is 2. The van der Waals surface area contributed by atoms with Crippen molar-refractivity contribution in [2.75, 3.05) is 7.11 Å². The quantitative estimate of drug-likeness (QED) is 0.676. The Hall–Kier alpha value is -1.56. The minimum Gasteiger partial charge on any atom is -0.387 e. The van der Waals surface area contributed by atoms with Gasteiger partial charge in [0.1, 0.15) is 18.3 Å². The topological polar surface area (TPSA) is 72.8 Å². The Balaban J connectivity index is 2.56. The number of hydrogen-bond donors (Lipinski definition) is 1. The summed E-state index contributed by atoms with van der Waals surface area (Å²) >= 11 is 0. The summed E-state index contributed by atoms with van der Waals surface area (Å²) in [5.41, 5.74) is 0.872. The van der Waals surface area contributed by atoms with Crippen LogP contribution in [0, 0.1) is 0 Å². The molecule has 0 spiro atoms. The predicted octanol–water partition coefficient (Wildman–Crippen LogP) is 0.345. The van der Waals surface area contributed by atoms with Gasteiger partial charge in [-0.25, -0.2) is 0 Å². The molecular weight excluding hydrogens is 236 g/mol. The largest absolute Gasteiger partial charge is 0.387 e. The standard InChI is InChI=1S/C13H16O5/c1-17-11(7-14)13(16)12(8-15)18-9-10-5-3-2-4-6-10/h2-8,11-13,16H,9H2,1H3/t11-,12+,13+/m0/s1. The van der Waals surface area contributed by atoms with E-state index < -0.39 is 18.3 Å². The second-order valence-electron chi connectivity index (χ2n) is 3.72. The molecule has 1 aromatic carbocycles. The fourth-order valence-electron chi connectivity index (χ4n) is 1.45. The fourth-order valence-corrected chi connectivity index (χ4v) is 1.45. The van der Waals surface area contributed by atoms with Crippen molar-refractivity contribution in [3.8, 4) is 0 Å². The highest BCUT2D eigenvalue weighted by Gasteiger charge is 2.28. The third kappa shape index (κ3) is 4.03. The number of ether oxygens (including phenoxy) is 2. The molecule has 0 fully saturated rings. The van der Waals surface area contributed by atoms with E-state index in [4.69, 9.17) is 9.47 Å². The van der Waals surface area contributed by atoms with Crippen LogP contribution in [0.15, 0.2) is 30.3 Å². The number of aldehydes is 2. The second-order valence-corrected chi connectivity index (χ2v) is 3.72. The molecule has 0 aromatic heterocycles. The summed E-state index contributed by atoms with van der Waals surface area (Å²) in [5, 5.41) is 9.73. The highest BCUT2D eigenvalue weighted by atomic mass is 16.5. The number of methoxy groups -OCH3 is 1. The molecule has 0 aliphatic carbocycles. The first-order valence-corrected chi connectivity index (χ1v) is 5.50. The molecule has 0 bridgehead atoms. The normalized spacial score (nSPS) is 15.7. The van der Waals surface area contributed by atoms with E-state index in [1.54, 1.807) is 0 Å². The Morgan fingerprint density at radius 3 is 2.28 bits per heavy atom. The van der Waals surface area contributed by atoms with Crippen molar-refractivity contribution in [3.63, 3.8) is 0 Å². The van der Waals surface area contributed by atoms with E-state index in [0.717, 1.165) is 5.56 Å². The van der Waals surface area contributed by atoms with Gasteiger partial charge in [-0.15, -0.1) is 0 Å². The lowest BCUT2D eigenvalue weighted by molar-refractivity contribution is -0.143. The third-order valence-corrected chi connectivity index (χ3v) is 2.50. The molecule has 3 atom stereocenters. The van der Waals surface area contributed by atoms with Gasteiger partial charge in [-0.05, 0) is 5.56 Å². The van der Waals surface area contributed by atoms with Crippen molar-refractivity contribution in [2.45, 2.75) is 24.9 Å². The average molecular weight is 252 g/mol. The van der Waals surface area contributed by atoms with Crippen LogP contribution in [0.2, 0.25) is 0 Å². The molecule has 0 aliphatic rings. The van der Waals surface area contributed by atoms with Crippen LogP contribution in [0.25, 0.3) is 0 Å². The van der Waals surface area contributed by atoms with E-state index >= 15 is 0 Å². The summed E-state index contributed by atoms with van der Waals surface area (Å²) in [6, 6.07) is 9.22. The molecule has 0 radical (unpaired) electrons. The minimum atomic E-state index is -1.31. The Bertz CT molecular complexity index is 365. The Morgan fingerprint density at radius 1 is 1.17 bits per heavy atom. The maximum atomic E-state index is 10.8. The van der Waals surface area contributed by atoms with Gasteiger partial charge in [0, 0.05) is 7.11 Å². The molecule has 98 valence electrons. The van der Waals surface area contributed by atoms with Crippen molar-refractivity contribution in [1.82, 2.24) is 0 Å². The van der Waals surface area contributed by atoms with E-state index in [1.165, 1.54) is 7.11 Å². The van der Waals surface area contributed by atoms with E-state index in [9.17, 15) is 14.7 Å². The number of aliphatic hydroxyl groups excluding tert-OH is 1. The van der Waals surface area contributed by atoms with Crippen LogP contribution in [-0.4, -0.2) is 43.1 Å². The molecule has 0 saturated carbocycles. The summed E-state index contributed by atoms with van der Waals surface area (Å²) in [7, 11) is 1.28. The monoisotopic (exact) mass is 252 g/mol. The molecule has 5 heteroatoms. The fraction of sp³-hybridized carbons (Fsp3) is 0.385. The molecule has 0 amide bonds. The molecule has 0 saturated heterocycles. The van der Waals surface area contributed by atoms with Gasteiger partial charge in [0.2, 0.25) is 0 Å². The summed E-state index contributed by atoms with van der Waals surface area (Å²) in [6.45, 7) is 0.177. The van der Waals surface area contributed by atoms with Gasteiger partial charge in [0.25, 0.3) is 0 Å². The maximum absolute atomic E-state index is 10.8. The zero-order valence-electron chi connectivity index (χ0n) is 10.1. The van der Waals surface area contributed by atoms with E-state index in [2.05, 4.69) is 0 Å². The molecule has 1 N–H and O–H groups in total. The lowest BCUT2D eigenvalue weighted by Gasteiger charge is -2.22. The van der Waals surface area contributed by atoms with Gasteiger partial charge in [0.15, 0.2) is 12.6 Å². The van der Waals surface area contributed by atoms with E-state index in [0.29, 0.717) is 12.6 Å². The smallest absolute Gasteiger partial charge is 0.151 e. The molecule has 0 heterocycles. The number of benzene rings is 1. The zero-order valence-corrected chi connectivity index (χ0v) is 10.1.